The van der Waals surface area contributed by atoms with Crippen molar-refractivity contribution in [1.29, 1.82) is 0 Å². The summed E-state index contributed by atoms with van der Waals surface area (Å²) in [6.45, 7) is 11.7. The number of hydrogen-bond acceptors (Lipinski definition) is 12. The van der Waals surface area contributed by atoms with Gasteiger partial charge in [-0.25, -0.2) is 10.3 Å². The highest BCUT2D eigenvalue weighted by Gasteiger charge is 2.27. The van der Waals surface area contributed by atoms with Crippen LogP contribution in [0.2, 0.25) is 0 Å². The fourth-order valence-corrected chi connectivity index (χ4v) is 6.87. The summed E-state index contributed by atoms with van der Waals surface area (Å²) in [4.78, 5) is 52.7. The lowest BCUT2D eigenvalue weighted by Gasteiger charge is -2.26. The van der Waals surface area contributed by atoms with E-state index in [-0.39, 0.29) is 0 Å². The predicted molar refractivity (Wildman–Crippen MR) is 258 cm³/mol. The van der Waals surface area contributed by atoms with Crippen molar-refractivity contribution in [1.82, 2.24) is 25.9 Å². The molecular weight excluding hydrogens is 867 g/mol. The van der Waals surface area contributed by atoms with E-state index in [1.165, 1.54) is 37.6 Å². The molecule has 15 heteroatoms. The van der Waals surface area contributed by atoms with Gasteiger partial charge >= 0.3 is 5.97 Å². The van der Waals surface area contributed by atoms with Gasteiger partial charge in [0.15, 0.2) is 6.04 Å². The van der Waals surface area contributed by atoms with E-state index in [1.54, 1.807) is 60.7 Å². The molecule has 356 valence electrons. The van der Waals surface area contributed by atoms with Crippen LogP contribution in [-0.4, -0.2) is 133 Å². The van der Waals surface area contributed by atoms with Crippen molar-refractivity contribution >= 4 is 35.8 Å². The number of allylic oxidation sites excluding steroid dienone is 2. The summed E-state index contributed by atoms with van der Waals surface area (Å²) in [5.41, 5.74) is 8.24. The molecule has 3 amide bonds. The first-order chi connectivity index (χ1) is 32.9. The number of carbonyl (C=O) groups excluding carboxylic acids is 4. The summed E-state index contributed by atoms with van der Waals surface area (Å²) in [5, 5.41) is 32.9. The van der Waals surface area contributed by atoms with E-state index in [4.69, 9.17) is 14.7 Å². The number of rotatable bonds is 14. The van der Waals surface area contributed by atoms with E-state index < -0.39 is 48.0 Å². The average molecular weight is 926 g/mol. The third-order valence-corrected chi connectivity index (χ3v) is 10.8. The number of esters is 1. The highest BCUT2D eigenvalue weighted by atomic mass is 16.5. The number of nitrogens with one attached hydrogen (secondary N) is 3. The Morgan fingerprint density at radius 1 is 0.618 bits per heavy atom. The number of nitrogens with zero attached hydrogens (tertiary/aromatic N) is 2. The number of aliphatic hydroxyl groups excluding tert-OH is 2. The number of aliphatic hydroxyl groups is 2. The highest BCUT2D eigenvalue weighted by Crippen LogP contribution is 2.13. The maximum absolute atomic E-state index is 12.4. The number of carbonyl (C=O) groups is 4. The molecule has 2 saturated heterocycles. The first-order valence-corrected chi connectivity index (χ1v) is 22.3. The van der Waals surface area contributed by atoms with Gasteiger partial charge in [0.05, 0.1) is 45.7 Å². The van der Waals surface area contributed by atoms with Crippen LogP contribution in [0, 0.1) is 23.7 Å². The molecule has 6 N–H and O–H groups in total. The maximum atomic E-state index is 12.4. The summed E-state index contributed by atoms with van der Waals surface area (Å²) in [5.74, 6) is 9.39. The number of amides is 3. The summed E-state index contributed by atoms with van der Waals surface area (Å²) in [6, 6.07) is 27.6. The SMILES string of the molecule is COC(=O)[C@@H](NC(=O)c1ccc(C#C/C=C\c2ccc(CN3CCOCC3)cc2)cc1)[C@@H](C)O.C[C@@H](O)[C@H](NC(=O)c1ccc(C#C/C=C\c2ccc(CN3CCOCC3)cc2)cc1)C(=O)NO. The summed E-state index contributed by atoms with van der Waals surface area (Å²) in [6.07, 6.45) is 5.22. The van der Waals surface area contributed by atoms with Gasteiger partial charge in [-0.1, -0.05) is 72.2 Å². The Morgan fingerprint density at radius 2 is 1.00 bits per heavy atom. The number of benzene rings is 4. The van der Waals surface area contributed by atoms with E-state index >= 15 is 0 Å². The fraction of sp³-hybridized carbons (Fsp3) is 0.321. The van der Waals surface area contributed by atoms with Gasteiger partial charge in [-0.2, -0.15) is 0 Å². The van der Waals surface area contributed by atoms with Crippen molar-refractivity contribution in [3.63, 3.8) is 0 Å². The Kier molecular flexibility index (Phi) is 21.2. The topological polar surface area (TPSA) is 199 Å². The molecule has 6 rings (SSSR count). The molecule has 0 saturated carbocycles. The molecule has 2 heterocycles. The van der Waals surface area contributed by atoms with Crippen molar-refractivity contribution in [2.45, 2.75) is 51.2 Å². The van der Waals surface area contributed by atoms with Gasteiger partial charge in [0.25, 0.3) is 17.7 Å². The Balaban J connectivity index is 0.000000254. The minimum absolute atomic E-state index is 0.301. The number of hydrogen-bond donors (Lipinski definition) is 6. The average Bonchev–Trinajstić information content (AvgIpc) is 3.36. The quantitative estimate of drug-likeness (QED) is 0.0464. The largest absolute Gasteiger partial charge is 0.467 e. The van der Waals surface area contributed by atoms with Crippen molar-refractivity contribution in [2.24, 2.45) is 0 Å². The molecule has 0 bridgehead atoms. The van der Waals surface area contributed by atoms with Crippen LogP contribution in [0.4, 0.5) is 0 Å². The van der Waals surface area contributed by atoms with Crippen molar-refractivity contribution < 1.29 is 48.8 Å². The van der Waals surface area contributed by atoms with Crippen LogP contribution >= 0.6 is 0 Å². The molecule has 2 fully saturated rings. The summed E-state index contributed by atoms with van der Waals surface area (Å²) < 4.78 is 15.4. The Labute approximate surface area is 397 Å². The molecular formula is C53H59N5O10. The van der Waals surface area contributed by atoms with Crippen LogP contribution in [0.25, 0.3) is 12.2 Å². The summed E-state index contributed by atoms with van der Waals surface area (Å²) in [7, 11) is 1.20. The lowest BCUT2D eigenvalue weighted by molar-refractivity contribution is -0.145. The highest BCUT2D eigenvalue weighted by molar-refractivity contribution is 5.98. The molecule has 4 aromatic carbocycles. The van der Waals surface area contributed by atoms with Gasteiger partial charge in [0.1, 0.15) is 6.04 Å². The van der Waals surface area contributed by atoms with Crippen LogP contribution in [0.1, 0.15) is 67.9 Å². The number of ether oxygens (including phenoxy) is 3. The molecule has 0 unspecified atom stereocenters. The second kappa shape index (κ2) is 27.7. The Hall–Kier alpha value is -6.92. The molecule has 2 aliphatic rings. The number of hydroxylamine groups is 1. The third-order valence-electron chi connectivity index (χ3n) is 10.8. The van der Waals surface area contributed by atoms with Gasteiger partial charge in [-0.05, 0) is 109 Å². The van der Waals surface area contributed by atoms with E-state index in [1.807, 2.05) is 12.2 Å². The van der Waals surface area contributed by atoms with Gasteiger partial charge in [-0.15, -0.1) is 0 Å². The van der Waals surface area contributed by atoms with Crippen molar-refractivity contribution in [3.05, 3.63) is 154 Å². The molecule has 68 heavy (non-hydrogen) atoms. The lowest BCUT2D eigenvalue weighted by Crippen LogP contribution is -2.51. The predicted octanol–water partition coefficient (Wildman–Crippen LogP) is 3.80. The monoisotopic (exact) mass is 925 g/mol. The second-order valence-corrected chi connectivity index (χ2v) is 16.0. The van der Waals surface area contributed by atoms with E-state index in [0.29, 0.717) is 11.1 Å². The molecule has 15 nitrogen and oxygen atoms in total. The molecule has 0 aromatic heterocycles. The normalized spacial score (nSPS) is 15.7. The molecule has 0 spiro atoms. The minimum atomic E-state index is -1.27. The number of morpholine rings is 2. The zero-order valence-electron chi connectivity index (χ0n) is 38.5. The molecule has 2 aliphatic heterocycles. The van der Waals surface area contributed by atoms with Crippen molar-refractivity contribution in [3.8, 4) is 23.7 Å². The smallest absolute Gasteiger partial charge is 0.331 e. The third kappa shape index (κ3) is 17.4. The standard InChI is InChI=1S/C27H30N2O5.C26H29N3O5/c1-20(30)25(27(32)33-2)28-26(31)24-13-11-22(12-14-24)6-4-3-5-21-7-9-23(10-8-21)19-29-15-17-34-18-16-29;1-19(30)24(26(32)28-33)27-25(31)23-12-10-21(11-13-23)5-3-2-4-20-6-8-22(9-7-20)18-29-14-16-34-17-15-29/h3,5,7-14,20,25,30H,15-19H2,1-2H3,(H,28,31);2,4,6-13,19,24,30,33H,14-18H2,1H3,(H,27,31)(H,28,32)/b5-3-;4-2-/t20-,25+;19-,24+/m11/s1. The van der Waals surface area contributed by atoms with Crippen molar-refractivity contribution in [2.75, 3.05) is 59.7 Å². The first-order valence-electron chi connectivity index (χ1n) is 22.3. The van der Waals surface area contributed by atoms with Crippen LogP contribution < -0.4 is 16.1 Å². The van der Waals surface area contributed by atoms with Gasteiger partial charge < -0.3 is 35.1 Å². The Morgan fingerprint density at radius 3 is 1.35 bits per heavy atom. The van der Waals surface area contributed by atoms with Gasteiger partial charge in [0.2, 0.25) is 0 Å². The molecule has 0 aliphatic carbocycles. The zero-order chi connectivity index (χ0) is 48.7. The van der Waals surface area contributed by atoms with E-state index in [0.717, 1.165) is 87.9 Å². The molecule has 0 radical (unpaired) electrons. The minimum Gasteiger partial charge on any atom is -0.467 e. The summed E-state index contributed by atoms with van der Waals surface area (Å²) >= 11 is 0. The maximum Gasteiger partial charge on any atom is 0.331 e. The van der Waals surface area contributed by atoms with Crippen LogP contribution in [0.15, 0.2) is 109 Å². The second-order valence-electron chi connectivity index (χ2n) is 16.0. The Bertz CT molecular complexity index is 2260. The van der Waals surface area contributed by atoms with Crippen LogP contribution in [0.5, 0.6) is 0 Å². The van der Waals surface area contributed by atoms with E-state index in [2.05, 4.69) is 97.4 Å². The molecule has 4 atom stereocenters. The van der Waals surface area contributed by atoms with E-state index in [9.17, 15) is 29.4 Å². The fourth-order valence-electron chi connectivity index (χ4n) is 6.87. The van der Waals surface area contributed by atoms with Gasteiger partial charge in [0, 0.05) is 61.5 Å². The van der Waals surface area contributed by atoms with Crippen LogP contribution in [-0.2, 0) is 36.9 Å². The molecule has 4 aromatic rings. The van der Waals surface area contributed by atoms with Gasteiger partial charge in [-0.3, -0.25) is 29.4 Å². The zero-order valence-corrected chi connectivity index (χ0v) is 38.5. The first kappa shape index (κ1) is 52.1. The van der Waals surface area contributed by atoms with Crippen LogP contribution in [0.3, 0.4) is 0 Å². The number of methoxy groups -OCH3 is 1. The lowest BCUT2D eigenvalue weighted by atomic mass is 10.1.